The van der Waals surface area contributed by atoms with Gasteiger partial charge in [0.25, 0.3) is 5.56 Å². The van der Waals surface area contributed by atoms with Crippen molar-refractivity contribution >= 4 is 5.91 Å². The summed E-state index contributed by atoms with van der Waals surface area (Å²) in [6.07, 6.45) is 1.06. The minimum absolute atomic E-state index is 0.0986. The SMILES string of the molecule is CN(C)CC(=O)N1C[C@@H]2C[C@H](C1)c1ccc(-c3ccccc3CN(C)C)c(=O)n1C2. The van der Waals surface area contributed by atoms with Crippen LogP contribution in [0, 0.1) is 5.92 Å². The lowest BCUT2D eigenvalue weighted by Crippen LogP contribution is -2.51. The first-order chi connectivity index (χ1) is 14.3. The maximum absolute atomic E-state index is 13.5. The van der Waals surface area contributed by atoms with Crippen LogP contribution < -0.4 is 5.56 Å². The normalized spacial score (nSPS) is 20.5. The molecule has 1 saturated heterocycles. The van der Waals surface area contributed by atoms with E-state index in [4.69, 9.17) is 0 Å². The first kappa shape index (κ1) is 20.8. The van der Waals surface area contributed by atoms with E-state index in [-0.39, 0.29) is 17.4 Å². The van der Waals surface area contributed by atoms with Crippen LogP contribution in [-0.4, -0.2) is 73.0 Å². The molecule has 0 saturated carbocycles. The predicted octanol–water partition coefficient (Wildman–Crippen LogP) is 2.08. The Bertz CT molecular complexity index is 995. The lowest BCUT2D eigenvalue weighted by Gasteiger charge is -2.43. The number of hydrogen-bond donors (Lipinski definition) is 0. The Morgan fingerprint density at radius 1 is 0.967 bits per heavy atom. The number of nitrogens with zero attached hydrogens (tertiary/aromatic N) is 4. The Morgan fingerprint density at radius 2 is 1.73 bits per heavy atom. The van der Waals surface area contributed by atoms with Gasteiger partial charge in [0.15, 0.2) is 0 Å². The van der Waals surface area contributed by atoms with Crippen molar-refractivity contribution in [1.29, 1.82) is 0 Å². The van der Waals surface area contributed by atoms with E-state index in [2.05, 4.69) is 17.0 Å². The van der Waals surface area contributed by atoms with Crippen molar-refractivity contribution in [3.63, 3.8) is 0 Å². The van der Waals surface area contributed by atoms with Crippen LogP contribution in [0.5, 0.6) is 0 Å². The van der Waals surface area contributed by atoms with E-state index < -0.39 is 0 Å². The molecule has 1 aromatic heterocycles. The zero-order chi connectivity index (χ0) is 21.4. The van der Waals surface area contributed by atoms with Gasteiger partial charge in [-0.05, 0) is 63.8 Å². The van der Waals surface area contributed by atoms with Gasteiger partial charge in [-0.25, -0.2) is 0 Å². The van der Waals surface area contributed by atoms with Gasteiger partial charge < -0.3 is 19.3 Å². The third-order valence-corrected chi connectivity index (χ3v) is 6.20. The Balaban J connectivity index is 1.67. The molecule has 2 aliphatic rings. The number of carbonyl (C=O) groups is 1. The monoisotopic (exact) mass is 408 g/mol. The summed E-state index contributed by atoms with van der Waals surface area (Å²) in [5.74, 6) is 0.759. The number of pyridine rings is 1. The van der Waals surface area contributed by atoms with Crippen LogP contribution in [0.15, 0.2) is 41.2 Å². The summed E-state index contributed by atoms with van der Waals surface area (Å²) < 4.78 is 1.98. The molecule has 2 atom stereocenters. The average Bonchev–Trinajstić information content (AvgIpc) is 2.68. The fraction of sp³-hybridized carbons (Fsp3) is 0.500. The van der Waals surface area contributed by atoms with Crippen LogP contribution in [0.4, 0.5) is 0 Å². The molecule has 1 fully saturated rings. The number of hydrogen-bond acceptors (Lipinski definition) is 4. The standard InChI is InChI=1S/C24H32N4O2/c1-25(2)14-18-7-5-6-8-20(18)21-9-10-22-19-11-17(13-28(22)24(21)30)12-27(15-19)23(29)16-26(3)4/h5-10,17,19H,11-16H2,1-4H3/t17-,19+/m0/s1. The summed E-state index contributed by atoms with van der Waals surface area (Å²) in [6, 6.07) is 12.3. The quantitative estimate of drug-likeness (QED) is 0.760. The Morgan fingerprint density at radius 3 is 2.47 bits per heavy atom. The van der Waals surface area contributed by atoms with Crippen molar-refractivity contribution in [3.8, 4) is 11.1 Å². The second kappa shape index (κ2) is 8.36. The van der Waals surface area contributed by atoms with Crippen LogP contribution in [0.2, 0.25) is 0 Å². The Hall–Kier alpha value is -2.44. The second-order valence-electron chi connectivity index (χ2n) is 9.32. The van der Waals surface area contributed by atoms with Gasteiger partial charge >= 0.3 is 0 Å². The Kier molecular flexibility index (Phi) is 5.80. The van der Waals surface area contributed by atoms with Gasteiger partial charge in [-0.15, -0.1) is 0 Å². The molecule has 0 N–H and O–H groups in total. The van der Waals surface area contributed by atoms with Gasteiger partial charge in [0.1, 0.15) is 0 Å². The zero-order valence-corrected chi connectivity index (χ0v) is 18.5. The van der Waals surface area contributed by atoms with Crippen molar-refractivity contribution < 1.29 is 4.79 Å². The van der Waals surface area contributed by atoms with Gasteiger partial charge in [-0.1, -0.05) is 24.3 Å². The molecular formula is C24H32N4O2. The molecule has 1 aromatic carbocycles. The fourth-order valence-electron chi connectivity index (χ4n) is 4.99. The second-order valence-corrected chi connectivity index (χ2v) is 9.32. The summed E-state index contributed by atoms with van der Waals surface area (Å²) >= 11 is 0. The molecule has 2 bridgehead atoms. The minimum Gasteiger partial charge on any atom is -0.341 e. The molecule has 160 valence electrons. The first-order valence-electron chi connectivity index (χ1n) is 10.7. The van der Waals surface area contributed by atoms with E-state index in [0.29, 0.717) is 25.6 Å². The zero-order valence-electron chi connectivity index (χ0n) is 18.5. The topological polar surface area (TPSA) is 48.8 Å². The van der Waals surface area contributed by atoms with Gasteiger partial charge in [-0.2, -0.15) is 0 Å². The summed E-state index contributed by atoms with van der Waals surface area (Å²) in [4.78, 5) is 32.1. The first-order valence-corrected chi connectivity index (χ1v) is 10.7. The van der Waals surface area contributed by atoms with Crippen LogP contribution in [0.1, 0.15) is 23.6 Å². The number of likely N-dealkylation sites (tertiary alicyclic amines) is 1. The van der Waals surface area contributed by atoms with Crippen molar-refractivity contribution in [3.05, 3.63) is 58.0 Å². The fourth-order valence-corrected chi connectivity index (χ4v) is 4.99. The van der Waals surface area contributed by atoms with E-state index in [1.807, 2.05) is 66.8 Å². The summed E-state index contributed by atoms with van der Waals surface area (Å²) in [5, 5.41) is 0. The van der Waals surface area contributed by atoms with Gasteiger partial charge in [-0.3, -0.25) is 9.59 Å². The number of rotatable bonds is 5. The van der Waals surface area contributed by atoms with Crippen molar-refractivity contribution in [2.45, 2.75) is 25.4 Å². The lowest BCUT2D eigenvalue weighted by atomic mass is 9.82. The van der Waals surface area contributed by atoms with Crippen LogP contribution >= 0.6 is 0 Å². The van der Waals surface area contributed by atoms with Crippen LogP contribution in [-0.2, 0) is 17.9 Å². The highest BCUT2D eigenvalue weighted by molar-refractivity contribution is 5.78. The van der Waals surface area contributed by atoms with E-state index in [9.17, 15) is 9.59 Å². The highest BCUT2D eigenvalue weighted by Gasteiger charge is 2.36. The molecule has 1 amide bonds. The minimum atomic E-state index is 0.0986. The molecule has 6 heteroatoms. The largest absolute Gasteiger partial charge is 0.341 e. The summed E-state index contributed by atoms with van der Waals surface area (Å²) in [7, 11) is 7.93. The molecule has 3 heterocycles. The summed E-state index contributed by atoms with van der Waals surface area (Å²) in [6.45, 7) is 3.38. The molecule has 6 nitrogen and oxygen atoms in total. The van der Waals surface area contributed by atoms with Crippen LogP contribution in [0.25, 0.3) is 11.1 Å². The highest BCUT2D eigenvalue weighted by atomic mass is 16.2. The number of benzene rings is 1. The highest BCUT2D eigenvalue weighted by Crippen LogP contribution is 2.36. The third-order valence-electron chi connectivity index (χ3n) is 6.20. The molecule has 0 spiro atoms. The third kappa shape index (κ3) is 4.07. The number of carbonyl (C=O) groups excluding carboxylic acids is 1. The van der Waals surface area contributed by atoms with E-state index in [1.54, 1.807) is 0 Å². The van der Waals surface area contributed by atoms with Crippen molar-refractivity contribution in [2.75, 3.05) is 47.8 Å². The molecular weight excluding hydrogens is 376 g/mol. The van der Waals surface area contributed by atoms with Crippen molar-refractivity contribution in [2.24, 2.45) is 5.92 Å². The predicted molar refractivity (Wildman–Crippen MR) is 120 cm³/mol. The van der Waals surface area contributed by atoms with E-state index in [0.717, 1.165) is 41.9 Å². The van der Waals surface area contributed by atoms with E-state index >= 15 is 0 Å². The van der Waals surface area contributed by atoms with Gasteiger partial charge in [0.2, 0.25) is 5.91 Å². The smallest absolute Gasteiger partial charge is 0.258 e. The molecule has 0 radical (unpaired) electrons. The maximum atomic E-state index is 13.5. The number of piperidine rings is 1. The molecule has 0 unspecified atom stereocenters. The molecule has 30 heavy (non-hydrogen) atoms. The number of fused-ring (bicyclic) bond motifs is 4. The molecule has 4 rings (SSSR count). The molecule has 2 aromatic rings. The Labute approximate surface area is 178 Å². The van der Waals surface area contributed by atoms with Crippen molar-refractivity contribution in [1.82, 2.24) is 19.3 Å². The lowest BCUT2D eigenvalue weighted by molar-refractivity contribution is -0.134. The van der Waals surface area contributed by atoms with E-state index in [1.165, 1.54) is 0 Å². The molecule has 0 aliphatic carbocycles. The maximum Gasteiger partial charge on any atom is 0.258 e. The van der Waals surface area contributed by atoms with Gasteiger partial charge in [0.05, 0.1) is 6.54 Å². The number of amides is 1. The number of aromatic nitrogens is 1. The molecule has 2 aliphatic heterocycles. The van der Waals surface area contributed by atoms with Crippen LogP contribution in [0.3, 0.4) is 0 Å². The number of likely N-dealkylation sites (N-methyl/N-ethyl adjacent to an activating group) is 1. The average molecular weight is 409 g/mol. The summed E-state index contributed by atoms with van der Waals surface area (Å²) in [5.41, 5.74) is 4.13. The van der Waals surface area contributed by atoms with Gasteiger partial charge in [0, 0.05) is 43.4 Å².